The molecule has 0 aliphatic heterocycles. The van der Waals surface area contributed by atoms with Crippen molar-refractivity contribution < 1.29 is 0 Å². The number of aromatic nitrogens is 2. The summed E-state index contributed by atoms with van der Waals surface area (Å²) in [5, 5.41) is 2.58. The van der Waals surface area contributed by atoms with Crippen molar-refractivity contribution in [3.05, 3.63) is 217 Å². The third-order valence-corrected chi connectivity index (χ3v) is 12.9. The first kappa shape index (κ1) is 33.4. The summed E-state index contributed by atoms with van der Waals surface area (Å²) in [5.74, 6) is 0.719. The lowest BCUT2D eigenvalue weighted by atomic mass is 9.73. The van der Waals surface area contributed by atoms with Crippen LogP contribution in [0.25, 0.3) is 87.5 Å². The molecule has 2 nitrogen and oxygen atoms in total. The quantitative estimate of drug-likeness (QED) is 0.169. The maximum Gasteiger partial charge on any atom is 0.160 e. The average Bonchev–Trinajstić information content (AvgIpc) is 3.79. The molecule has 1 unspecified atom stereocenters. The fraction of sp³-hybridized carbons (Fsp3) is 0.0370. The van der Waals surface area contributed by atoms with E-state index in [0.717, 1.165) is 33.9 Å². The fourth-order valence-electron chi connectivity index (χ4n) is 8.88. The number of fused-ring (bicyclic) bond motifs is 6. The minimum atomic E-state index is -0.309. The molecule has 0 amide bonds. The Morgan fingerprint density at radius 2 is 1.00 bits per heavy atom. The average molecular weight is 745 g/mol. The Morgan fingerprint density at radius 3 is 1.77 bits per heavy atom. The Morgan fingerprint density at radius 1 is 0.386 bits per heavy atom. The van der Waals surface area contributed by atoms with Gasteiger partial charge in [-0.25, -0.2) is 9.97 Å². The zero-order chi connectivity index (χ0) is 37.9. The molecule has 10 aromatic rings. The van der Waals surface area contributed by atoms with Crippen LogP contribution in [-0.4, -0.2) is 9.97 Å². The van der Waals surface area contributed by atoms with Crippen LogP contribution >= 0.6 is 11.3 Å². The second kappa shape index (κ2) is 13.4. The van der Waals surface area contributed by atoms with Gasteiger partial charge in [0.05, 0.1) is 11.4 Å². The lowest BCUT2D eigenvalue weighted by Crippen LogP contribution is -2.22. The Bertz CT molecular complexity index is 3110. The van der Waals surface area contributed by atoms with E-state index in [4.69, 9.17) is 9.97 Å². The van der Waals surface area contributed by atoms with Gasteiger partial charge in [-0.15, -0.1) is 11.3 Å². The summed E-state index contributed by atoms with van der Waals surface area (Å²) < 4.78 is 2.56. The molecule has 11 rings (SSSR count). The first-order valence-corrected chi connectivity index (χ1v) is 20.3. The number of hydrogen-bond acceptors (Lipinski definition) is 3. The Kier molecular flexibility index (Phi) is 7.84. The standard InChI is InChI=1S/C54H36N2S/c1-54(41-18-9-4-10-19-41)46-22-13-21-42(36-14-5-2-6-15-36)52(46)45-31-28-39(32-47(45)54)35-24-26-37(27-25-35)48-34-49(56-53(55-48)38-16-7-3-8-17-38)40-29-30-44-43-20-11-12-23-50(43)57-51(44)33-40/h2-34H,1H3. The van der Waals surface area contributed by atoms with E-state index in [2.05, 4.69) is 189 Å². The largest absolute Gasteiger partial charge is 0.228 e. The number of rotatable bonds is 6. The van der Waals surface area contributed by atoms with Gasteiger partial charge >= 0.3 is 0 Å². The smallest absolute Gasteiger partial charge is 0.160 e. The van der Waals surface area contributed by atoms with Crippen LogP contribution in [0.1, 0.15) is 23.6 Å². The van der Waals surface area contributed by atoms with E-state index in [1.54, 1.807) is 0 Å². The summed E-state index contributed by atoms with van der Waals surface area (Å²) >= 11 is 1.83. The summed E-state index contributed by atoms with van der Waals surface area (Å²) in [7, 11) is 0. The summed E-state index contributed by atoms with van der Waals surface area (Å²) in [4.78, 5) is 10.3. The molecule has 0 spiro atoms. The summed E-state index contributed by atoms with van der Waals surface area (Å²) in [5.41, 5.74) is 16.1. The molecular weight excluding hydrogens is 709 g/mol. The normalized spacial score (nSPS) is 14.5. The Labute approximate surface area is 336 Å². The highest BCUT2D eigenvalue weighted by atomic mass is 32.1. The van der Waals surface area contributed by atoms with Crippen LogP contribution in [-0.2, 0) is 5.41 Å². The SMILES string of the molecule is CC1(c2ccccc2)c2cc(-c3ccc(-c4cc(-c5ccc6c(c5)sc5ccccc56)nc(-c5ccccc5)n4)cc3)ccc2-c2c(-c3ccccc3)cccc21. The monoisotopic (exact) mass is 744 g/mol. The molecule has 0 fully saturated rings. The van der Waals surface area contributed by atoms with Crippen molar-refractivity contribution in [1.29, 1.82) is 0 Å². The van der Waals surface area contributed by atoms with Gasteiger partial charge in [0.2, 0.25) is 0 Å². The topological polar surface area (TPSA) is 25.8 Å². The number of thiophene rings is 1. The van der Waals surface area contributed by atoms with Crippen molar-refractivity contribution in [1.82, 2.24) is 9.97 Å². The molecule has 0 N–H and O–H groups in total. The van der Waals surface area contributed by atoms with Crippen LogP contribution in [0, 0.1) is 0 Å². The molecule has 1 aliphatic rings. The van der Waals surface area contributed by atoms with E-state index < -0.39 is 0 Å². The lowest BCUT2D eigenvalue weighted by Gasteiger charge is -2.29. The van der Waals surface area contributed by atoms with E-state index in [9.17, 15) is 0 Å². The van der Waals surface area contributed by atoms with Gasteiger partial charge in [0.25, 0.3) is 0 Å². The third-order valence-electron chi connectivity index (χ3n) is 11.8. The van der Waals surface area contributed by atoms with Gasteiger partial charge in [0.1, 0.15) is 0 Å². The van der Waals surface area contributed by atoms with E-state index in [-0.39, 0.29) is 5.41 Å². The van der Waals surface area contributed by atoms with Gasteiger partial charge < -0.3 is 0 Å². The van der Waals surface area contributed by atoms with Crippen LogP contribution in [0.4, 0.5) is 0 Å². The Balaban J connectivity index is 1.01. The maximum atomic E-state index is 5.15. The zero-order valence-electron chi connectivity index (χ0n) is 31.4. The highest BCUT2D eigenvalue weighted by molar-refractivity contribution is 7.25. The lowest BCUT2D eigenvalue weighted by molar-refractivity contribution is 0.714. The first-order chi connectivity index (χ1) is 28.1. The van der Waals surface area contributed by atoms with Gasteiger partial charge in [-0.05, 0) is 81.3 Å². The van der Waals surface area contributed by atoms with Crippen molar-refractivity contribution in [2.75, 3.05) is 0 Å². The zero-order valence-corrected chi connectivity index (χ0v) is 32.2. The predicted molar refractivity (Wildman–Crippen MR) is 240 cm³/mol. The van der Waals surface area contributed by atoms with Crippen LogP contribution in [0.3, 0.4) is 0 Å². The van der Waals surface area contributed by atoms with Crippen molar-refractivity contribution in [3.63, 3.8) is 0 Å². The second-order valence-corrected chi connectivity index (χ2v) is 16.1. The van der Waals surface area contributed by atoms with Gasteiger partial charge in [-0.2, -0.15) is 0 Å². The first-order valence-electron chi connectivity index (χ1n) is 19.5. The highest BCUT2D eigenvalue weighted by Crippen LogP contribution is 2.55. The number of nitrogens with zero attached hydrogens (tertiary/aromatic N) is 2. The maximum absolute atomic E-state index is 5.15. The molecule has 0 bridgehead atoms. The van der Waals surface area contributed by atoms with Gasteiger partial charge in [0, 0.05) is 42.3 Å². The second-order valence-electron chi connectivity index (χ2n) is 15.1. The minimum absolute atomic E-state index is 0.309. The molecule has 2 heterocycles. The molecule has 3 heteroatoms. The number of benzene rings is 8. The van der Waals surface area contributed by atoms with Crippen LogP contribution < -0.4 is 0 Å². The molecule has 0 radical (unpaired) electrons. The molecule has 1 aliphatic carbocycles. The van der Waals surface area contributed by atoms with Crippen LogP contribution in [0.5, 0.6) is 0 Å². The highest BCUT2D eigenvalue weighted by Gasteiger charge is 2.42. The van der Waals surface area contributed by atoms with Gasteiger partial charge in [-0.1, -0.05) is 176 Å². The van der Waals surface area contributed by atoms with E-state index >= 15 is 0 Å². The molecule has 0 saturated carbocycles. The van der Waals surface area contributed by atoms with Gasteiger partial charge in [0.15, 0.2) is 5.82 Å². The third kappa shape index (κ3) is 5.54. The molecule has 8 aromatic carbocycles. The van der Waals surface area contributed by atoms with Crippen molar-refractivity contribution in [2.45, 2.75) is 12.3 Å². The predicted octanol–water partition coefficient (Wildman–Crippen LogP) is 14.5. The van der Waals surface area contributed by atoms with E-state index in [1.807, 2.05) is 29.5 Å². The van der Waals surface area contributed by atoms with Gasteiger partial charge in [-0.3, -0.25) is 0 Å². The van der Waals surface area contributed by atoms with Crippen molar-refractivity contribution >= 4 is 31.5 Å². The van der Waals surface area contributed by atoms with Crippen molar-refractivity contribution in [2.24, 2.45) is 0 Å². The summed E-state index contributed by atoms with van der Waals surface area (Å²) in [6, 6.07) is 72.3. The molecular formula is C54H36N2S. The van der Waals surface area contributed by atoms with Crippen molar-refractivity contribution in [3.8, 4) is 67.3 Å². The molecule has 2 aromatic heterocycles. The number of hydrogen-bond donors (Lipinski definition) is 0. The molecule has 1 atom stereocenters. The molecule has 57 heavy (non-hydrogen) atoms. The summed E-state index contributed by atoms with van der Waals surface area (Å²) in [6.45, 7) is 2.39. The van der Waals surface area contributed by atoms with E-state index in [1.165, 1.54) is 70.2 Å². The van der Waals surface area contributed by atoms with Crippen LogP contribution in [0.2, 0.25) is 0 Å². The minimum Gasteiger partial charge on any atom is -0.228 e. The van der Waals surface area contributed by atoms with E-state index in [0.29, 0.717) is 0 Å². The summed E-state index contributed by atoms with van der Waals surface area (Å²) in [6.07, 6.45) is 0. The molecule has 0 saturated heterocycles. The fourth-order valence-corrected chi connectivity index (χ4v) is 10.0. The molecule has 268 valence electrons. The van der Waals surface area contributed by atoms with Crippen LogP contribution in [0.15, 0.2) is 200 Å². The Hall–Kier alpha value is -6.94.